The summed E-state index contributed by atoms with van der Waals surface area (Å²) in [4.78, 5) is 4.93. The molecule has 0 saturated heterocycles. The Balaban J connectivity index is 1.66. The van der Waals surface area contributed by atoms with Crippen LogP contribution in [-0.4, -0.2) is 21.3 Å². The minimum absolute atomic E-state index is 0.330. The minimum atomic E-state index is 0.330. The maximum absolute atomic E-state index is 4.93. The first-order chi connectivity index (χ1) is 10.3. The molecule has 1 aromatic heterocycles. The molecule has 1 aliphatic heterocycles. The number of benzene rings is 1. The summed E-state index contributed by atoms with van der Waals surface area (Å²) in [6, 6.07) is 8.54. The van der Waals surface area contributed by atoms with E-state index in [1.54, 1.807) is 0 Å². The fourth-order valence-corrected chi connectivity index (χ4v) is 3.77. The minimum Gasteiger partial charge on any atom is -0.384 e. The number of fused-ring (bicyclic) bond motifs is 1. The predicted molar refractivity (Wildman–Crippen MR) is 83.6 cm³/mol. The Kier molecular flexibility index (Phi) is 3.17. The maximum atomic E-state index is 4.93. The molecule has 2 aromatic rings. The number of nitrogens with zero attached hydrogens (tertiary/aromatic N) is 3. The van der Waals surface area contributed by atoms with Gasteiger partial charge in [-0.25, -0.2) is 4.98 Å². The molecule has 4 heteroatoms. The van der Waals surface area contributed by atoms with Crippen molar-refractivity contribution < 1.29 is 0 Å². The molecule has 110 valence electrons. The highest BCUT2D eigenvalue weighted by Gasteiger charge is 2.29. The number of hydrogen-bond acceptors (Lipinski definition) is 3. The number of aryl methyl sites for hydroxylation is 1. The molecule has 4 rings (SSSR count). The lowest BCUT2D eigenvalue weighted by molar-refractivity contribution is 0.427. The van der Waals surface area contributed by atoms with Crippen LogP contribution < -0.4 is 5.32 Å². The number of rotatable bonds is 2. The lowest BCUT2D eigenvalue weighted by atomic mass is 9.89. The largest absolute Gasteiger partial charge is 0.384 e. The molecule has 4 nitrogen and oxygen atoms in total. The van der Waals surface area contributed by atoms with Gasteiger partial charge in [0, 0.05) is 25.2 Å². The fourth-order valence-electron chi connectivity index (χ4n) is 3.77. The van der Waals surface area contributed by atoms with Crippen LogP contribution in [0.25, 0.3) is 0 Å². The first kappa shape index (κ1) is 12.9. The molecular formula is C17H22N4. The van der Waals surface area contributed by atoms with E-state index in [0.29, 0.717) is 11.8 Å². The van der Waals surface area contributed by atoms with Crippen LogP contribution in [0.5, 0.6) is 0 Å². The highest BCUT2D eigenvalue weighted by atomic mass is 15.3. The van der Waals surface area contributed by atoms with Gasteiger partial charge in [-0.2, -0.15) is 5.10 Å². The summed E-state index contributed by atoms with van der Waals surface area (Å²) in [5.41, 5.74) is 2.59. The van der Waals surface area contributed by atoms with E-state index in [0.717, 1.165) is 18.2 Å². The third kappa shape index (κ3) is 2.23. The smallest absolute Gasteiger partial charge is 0.154 e. The van der Waals surface area contributed by atoms with E-state index < -0.39 is 0 Å². The molecule has 0 bridgehead atoms. The van der Waals surface area contributed by atoms with E-state index in [1.165, 1.54) is 43.4 Å². The van der Waals surface area contributed by atoms with Gasteiger partial charge in [-0.1, -0.05) is 37.5 Å². The molecule has 21 heavy (non-hydrogen) atoms. The molecule has 1 fully saturated rings. The summed E-state index contributed by atoms with van der Waals surface area (Å²) in [5.74, 6) is 3.07. The average molecular weight is 282 g/mol. The molecule has 1 aromatic carbocycles. The van der Waals surface area contributed by atoms with Crippen LogP contribution in [0.15, 0.2) is 24.3 Å². The van der Waals surface area contributed by atoms with Crippen LogP contribution in [0.1, 0.15) is 61.2 Å². The highest BCUT2D eigenvalue weighted by Crippen LogP contribution is 2.36. The second-order valence-electron chi connectivity index (χ2n) is 6.31. The van der Waals surface area contributed by atoms with Crippen molar-refractivity contribution in [2.45, 2.75) is 43.9 Å². The van der Waals surface area contributed by atoms with Crippen molar-refractivity contribution in [3.05, 3.63) is 41.5 Å². The molecule has 2 aliphatic rings. The highest BCUT2D eigenvalue weighted by molar-refractivity contribution is 5.59. The molecule has 0 spiro atoms. The topological polar surface area (TPSA) is 42.7 Å². The van der Waals surface area contributed by atoms with Gasteiger partial charge in [-0.15, -0.1) is 0 Å². The number of hydrogen-bond donors (Lipinski definition) is 1. The monoisotopic (exact) mass is 282 g/mol. The Labute approximate surface area is 125 Å². The lowest BCUT2D eigenvalue weighted by Gasteiger charge is -2.18. The number of para-hydroxylation sites is 1. The zero-order chi connectivity index (χ0) is 14.2. The predicted octanol–water partition coefficient (Wildman–Crippen LogP) is 3.42. The molecule has 1 saturated carbocycles. The van der Waals surface area contributed by atoms with Gasteiger partial charge in [0.25, 0.3) is 0 Å². The Morgan fingerprint density at radius 1 is 1.14 bits per heavy atom. The third-order valence-corrected chi connectivity index (χ3v) is 4.93. The van der Waals surface area contributed by atoms with Crippen LogP contribution in [0, 0.1) is 0 Å². The average Bonchev–Trinajstić information content (AvgIpc) is 3.11. The zero-order valence-electron chi connectivity index (χ0n) is 12.5. The maximum Gasteiger partial charge on any atom is 0.154 e. The number of anilines is 1. The van der Waals surface area contributed by atoms with E-state index in [-0.39, 0.29) is 0 Å². The summed E-state index contributed by atoms with van der Waals surface area (Å²) < 4.78 is 2.00. The third-order valence-electron chi connectivity index (χ3n) is 4.93. The van der Waals surface area contributed by atoms with Crippen LogP contribution >= 0.6 is 0 Å². The van der Waals surface area contributed by atoms with Gasteiger partial charge >= 0.3 is 0 Å². The quantitative estimate of drug-likeness (QED) is 0.917. The normalized spacial score (nSPS) is 22.0. The number of aromatic nitrogens is 3. The second kappa shape index (κ2) is 5.17. The van der Waals surface area contributed by atoms with Crippen molar-refractivity contribution in [3.63, 3.8) is 0 Å². The van der Waals surface area contributed by atoms with Crippen LogP contribution in [-0.2, 0) is 7.05 Å². The van der Waals surface area contributed by atoms with E-state index in [9.17, 15) is 0 Å². The van der Waals surface area contributed by atoms with Crippen LogP contribution in [0.4, 0.5) is 5.69 Å². The van der Waals surface area contributed by atoms with E-state index >= 15 is 0 Å². The van der Waals surface area contributed by atoms with Gasteiger partial charge in [-0.05, 0) is 24.5 Å². The Morgan fingerprint density at radius 3 is 2.81 bits per heavy atom. The standard InChI is InChI=1S/C17H22N4/c1-21-17(14-11-18-15-10-6-5-9-13(14)15)19-16(20-21)12-7-3-2-4-8-12/h5-6,9-10,12,14,18H,2-4,7-8,11H2,1H3. The molecule has 1 unspecified atom stereocenters. The van der Waals surface area contributed by atoms with E-state index in [1.807, 2.05) is 11.7 Å². The Hall–Kier alpha value is -1.84. The van der Waals surface area contributed by atoms with Crippen molar-refractivity contribution in [2.75, 3.05) is 11.9 Å². The van der Waals surface area contributed by atoms with Gasteiger partial charge < -0.3 is 5.32 Å². The van der Waals surface area contributed by atoms with Gasteiger partial charge in [-0.3, -0.25) is 4.68 Å². The van der Waals surface area contributed by atoms with E-state index in [2.05, 4.69) is 29.6 Å². The second-order valence-corrected chi connectivity index (χ2v) is 6.31. The van der Waals surface area contributed by atoms with Crippen molar-refractivity contribution in [3.8, 4) is 0 Å². The van der Waals surface area contributed by atoms with Crippen LogP contribution in [0.2, 0.25) is 0 Å². The van der Waals surface area contributed by atoms with Gasteiger partial charge in [0.05, 0.1) is 5.92 Å². The van der Waals surface area contributed by atoms with Gasteiger partial charge in [0.15, 0.2) is 5.82 Å². The summed E-state index contributed by atoms with van der Waals surface area (Å²) in [6.07, 6.45) is 6.53. The van der Waals surface area contributed by atoms with Crippen molar-refractivity contribution in [2.24, 2.45) is 7.05 Å². The SMILES string of the molecule is Cn1nc(C2CCCCC2)nc1C1CNc2ccccc21. The molecule has 1 aliphatic carbocycles. The fraction of sp³-hybridized carbons (Fsp3) is 0.529. The zero-order valence-corrected chi connectivity index (χ0v) is 12.5. The summed E-state index contributed by atoms with van der Waals surface area (Å²) >= 11 is 0. The Bertz CT molecular complexity index is 640. The van der Waals surface area contributed by atoms with E-state index in [4.69, 9.17) is 10.1 Å². The first-order valence-corrected chi connectivity index (χ1v) is 8.06. The molecule has 2 heterocycles. The molecular weight excluding hydrogens is 260 g/mol. The Morgan fingerprint density at radius 2 is 1.95 bits per heavy atom. The van der Waals surface area contributed by atoms with Crippen LogP contribution in [0.3, 0.4) is 0 Å². The lowest BCUT2D eigenvalue weighted by Crippen LogP contribution is -2.10. The molecule has 0 amide bonds. The summed E-state index contributed by atoms with van der Waals surface area (Å²) in [5, 5.41) is 8.21. The summed E-state index contributed by atoms with van der Waals surface area (Å²) in [6.45, 7) is 0.927. The molecule has 1 N–H and O–H groups in total. The molecule has 1 atom stereocenters. The summed E-state index contributed by atoms with van der Waals surface area (Å²) in [7, 11) is 2.04. The van der Waals surface area contributed by atoms with Gasteiger partial charge in [0.2, 0.25) is 0 Å². The van der Waals surface area contributed by atoms with Crippen molar-refractivity contribution in [1.29, 1.82) is 0 Å². The van der Waals surface area contributed by atoms with Crippen molar-refractivity contribution >= 4 is 5.69 Å². The van der Waals surface area contributed by atoms with Crippen molar-refractivity contribution in [1.82, 2.24) is 14.8 Å². The number of nitrogens with one attached hydrogen (secondary N) is 1. The molecule has 0 radical (unpaired) electrons. The van der Waals surface area contributed by atoms with Gasteiger partial charge in [0.1, 0.15) is 5.82 Å². The first-order valence-electron chi connectivity index (χ1n) is 8.06.